The number of carbonyl (C=O) groups is 1. The Hall–Kier alpha value is -0.920. The summed E-state index contributed by atoms with van der Waals surface area (Å²) in [7, 11) is 1.86. The van der Waals surface area contributed by atoms with Gasteiger partial charge in [0, 0.05) is 33.2 Å². The lowest BCUT2D eigenvalue weighted by Crippen LogP contribution is -2.49. The van der Waals surface area contributed by atoms with E-state index in [4.69, 9.17) is 0 Å². The van der Waals surface area contributed by atoms with Crippen molar-refractivity contribution in [3.63, 3.8) is 0 Å². The zero-order chi connectivity index (χ0) is 14.9. The van der Waals surface area contributed by atoms with E-state index in [1.807, 2.05) is 23.4 Å². The molecule has 2 rings (SSSR count). The Kier molecular flexibility index (Phi) is 4.82. The quantitative estimate of drug-likeness (QED) is 0.890. The van der Waals surface area contributed by atoms with Gasteiger partial charge in [-0.15, -0.1) is 0 Å². The number of aromatic nitrogens is 2. The maximum Gasteiger partial charge on any atom is 0.327 e. The van der Waals surface area contributed by atoms with Gasteiger partial charge in [-0.25, -0.2) is 4.98 Å². The first-order valence-electron chi connectivity index (χ1n) is 6.83. The van der Waals surface area contributed by atoms with Crippen LogP contribution in [0.3, 0.4) is 0 Å². The third-order valence-electron chi connectivity index (χ3n) is 4.03. The van der Waals surface area contributed by atoms with Crippen LogP contribution in [0.5, 0.6) is 0 Å². The van der Waals surface area contributed by atoms with Crippen LogP contribution in [0.25, 0.3) is 0 Å². The Labute approximate surface area is 127 Å². The average Bonchev–Trinajstić information content (AvgIpc) is 2.66. The zero-order valence-corrected chi connectivity index (χ0v) is 13.7. The molecule has 1 aliphatic rings. The lowest BCUT2D eigenvalue weighted by Gasteiger charge is -2.37. The summed E-state index contributed by atoms with van der Waals surface area (Å²) in [5.41, 5.74) is 0.722. The highest BCUT2D eigenvalue weighted by molar-refractivity contribution is 9.10. The molecule has 0 saturated carbocycles. The van der Waals surface area contributed by atoms with Gasteiger partial charge >= 0.3 is 5.97 Å². The number of hydrogen-bond acceptors (Lipinski definition) is 4. The fraction of sp³-hybridized carbons (Fsp3) is 0.692. The molecule has 0 spiro atoms. The fourth-order valence-corrected chi connectivity index (χ4v) is 3.41. The third-order valence-corrected chi connectivity index (χ3v) is 4.61. The number of imidazole rings is 1. The maximum atomic E-state index is 11.7. The topological polar surface area (TPSA) is 61.6 Å². The van der Waals surface area contributed by atoms with Gasteiger partial charge < -0.3 is 14.6 Å². The van der Waals surface area contributed by atoms with Crippen molar-refractivity contribution in [3.8, 4) is 0 Å². The van der Waals surface area contributed by atoms with Gasteiger partial charge in [0.25, 0.3) is 0 Å². The van der Waals surface area contributed by atoms with Crippen LogP contribution in [0.15, 0.2) is 4.60 Å². The number of likely N-dealkylation sites (N-methyl/N-ethyl adjacent to an activating group) is 1. The smallest absolute Gasteiger partial charge is 0.327 e. The molecule has 2 heterocycles. The lowest BCUT2D eigenvalue weighted by molar-refractivity contribution is -0.144. The van der Waals surface area contributed by atoms with Gasteiger partial charge in [0.05, 0.1) is 5.69 Å². The minimum absolute atomic E-state index is 0.628. The van der Waals surface area contributed by atoms with Gasteiger partial charge in [0.1, 0.15) is 10.4 Å². The van der Waals surface area contributed by atoms with Crippen molar-refractivity contribution in [1.29, 1.82) is 0 Å². The zero-order valence-electron chi connectivity index (χ0n) is 12.1. The van der Waals surface area contributed by atoms with Crippen LogP contribution >= 0.6 is 15.9 Å². The highest BCUT2D eigenvalue weighted by atomic mass is 79.9. The third kappa shape index (κ3) is 2.89. The molecule has 20 heavy (non-hydrogen) atoms. The van der Waals surface area contributed by atoms with Crippen LogP contribution in [0, 0.1) is 6.92 Å². The van der Waals surface area contributed by atoms with E-state index in [2.05, 4.69) is 32.7 Å². The van der Waals surface area contributed by atoms with Crippen LogP contribution in [-0.2, 0) is 11.8 Å². The molecule has 1 N–H and O–H groups in total. The van der Waals surface area contributed by atoms with Crippen molar-refractivity contribution < 1.29 is 9.90 Å². The van der Waals surface area contributed by atoms with Crippen molar-refractivity contribution in [2.75, 3.05) is 32.7 Å². The maximum absolute atomic E-state index is 11.7. The normalized spacial score (nSPS) is 19.2. The summed E-state index contributed by atoms with van der Waals surface area (Å²) in [4.78, 5) is 20.4. The molecule has 1 atom stereocenters. The lowest BCUT2D eigenvalue weighted by atomic mass is 10.1. The summed E-state index contributed by atoms with van der Waals surface area (Å²) in [6.45, 7) is 8.38. The Balaban J connectivity index is 2.26. The number of carboxylic acids is 1. The second kappa shape index (κ2) is 6.24. The fourth-order valence-electron chi connectivity index (χ4n) is 2.67. The summed E-state index contributed by atoms with van der Waals surface area (Å²) >= 11 is 3.40. The van der Waals surface area contributed by atoms with E-state index in [1.54, 1.807) is 0 Å². The largest absolute Gasteiger partial charge is 0.480 e. The molecule has 1 aromatic heterocycles. The van der Waals surface area contributed by atoms with Crippen molar-refractivity contribution in [3.05, 3.63) is 16.1 Å². The van der Waals surface area contributed by atoms with Gasteiger partial charge in [-0.3, -0.25) is 9.69 Å². The first kappa shape index (κ1) is 15.5. The number of halogens is 1. The van der Waals surface area contributed by atoms with Crippen LogP contribution < -0.4 is 0 Å². The Bertz CT molecular complexity index is 495. The minimum atomic E-state index is -0.821. The van der Waals surface area contributed by atoms with Crippen molar-refractivity contribution in [2.45, 2.75) is 19.9 Å². The SMILES string of the molecule is CCN1CCN(C(C(=O)O)c2c(Br)nc(C)n2C)CC1. The summed E-state index contributed by atoms with van der Waals surface area (Å²) in [6, 6.07) is -0.644. The van der Waals surface area contributed by atoms with Gasteiger partial charge in [0.15, 0.2) is 6.04 Å². The molecular formula is C13H21BrN4O2. The molecule has 7 heteroatoms. The summed E-state index contributed by atoms with van der Waals surface area (Å²) in [5.74, 6) is -0.0102. The number of rotatable bonds is 4. The number of piperazine rings is 1. The molecule has 0 radical (unpaired) electrons. The van der Waals surface area contributed by atoms with E-state index in [0.29, 0.717) is 4.60 Å². The van der Waals surface area contributed by atoms with Crippen LogP contribution in [0.4, 0.5) is 0 Å². The highest BCUT2D eigenvalue weighted by Gasteiger charge is 2.34. The number of aliphatic carboxylic acids is 1. The number of aryl methyl sites for hydroxylation is 1. The standard InChI is InChI=1S/C13H21BrN4O2/c1-4-17-5-7-18(8-6-17)11(13(19)20)10-12(14)15-9(2)16(10)3/h11H,4-8H2,1-3H3,(H,19,20). The molecule has 6 nitrogen and oxygen atoms in total. The second-order valence-electron chi connectivity index (χ2n) is 5.11. The monoisotopic (exact) mass is 344 g/mol. The van der Waals surface area contributed by atoms with E-state index < -0.39 is 12.0 Å². The van der Waals surface area contributed by atoms with E-state index >= 15 is 0 Å². The minimum Gasteiger partial charge on any atom is -0.480 e. The van der Waals surface area contributed by atoms with Gasteiger partial charge in [-0.1, -0.05) is 6.92 Å². The number of carboxylic acid groups (broad SMARTS) is 1. The summed E-state index contributed by atoms with van der Waals surface area (Å²) in [5, 5.41) is 9.64. The molecule has 1 aliphatic heterocycles. The van der Waals surface area contributed by atoms with Gasteiger partial charge in [-0.2, -0.15) is 0 Å². The molecule has 1 saturated heterocycles. The number of hydrogen-bond donors (Lipinski definition) is 1. The van der Waals surface area contributed by atoms with Crippen molar-refractivity contribution in [2.24, 2.45) is 7.05 Å². The van der Waals surface area contributed by atoms with Gasteiger partial charge in [0.2, 0.25) is 0 Å². The molecule has 112 valence electrons. The molecule has 0 aromatic carbocycles. The molecular weight excluding hydrogens is 324 g/mol. The van der Waals surface area contributed by atoms with Crippen molar-refractivity contribution >= 4 is 21.9 Å². The van der Waals surface area contributed by atoms with E-state index in [0.717, 1.165) is 44.2 Å². The van der Waals surface area contributed by atoms with Crippen LogP contribution in [0.2, 0.25) is 0 Å². The predicted octanol–water partition coefficient (Wildman–Crippen LogP) is 1.25. The molecule has 0 aliphatic carbocycles. The van der Waals surface area contributed by atoms with Crippen molar-refractivity contribution in [1.82, 2.24) is 19.4 Å². The Morgan fingerprint density at radius 3 is 2.40 bits per heavy atom. The highest BCUT2D eigenvalue weighted by Crippen LogP contribution is 2.29. The first-order chi connectivity index (χ1) is 9.45. The Morgan fingerprint density at radius 1 is 1.40 bits per heavy atom. The van der Waals surface area contributed by atoms with E-state index in [-0.39, 0.29) is 0 Å². The Morgan fingerprint density at radius 2 is 2.00 bits per heavy atom. The molecule has 1 fully saturated rings. The second-order valence-corrected chi connectivity index (χ2v) is 5.86. The summed E-state index contributed by atoms with van der Waals surface area (Å²) in [6.07, 6.45) is 0. The molecule has 1 unspecified atom stereocenters. The average molecular weight is 345 g/mol. The predicted molar refractivity (Wildman–Crippen MR) is 79.7 cm³/mol. The van der Waals surface area contributed by atoms with Crippen LogP contribution in [-0.4, -0.2) is 63.2 Å². The number of nitrogens with zero attached hydrogens (tertiary/aromatic N) is 4. The molecule has 0 bridgehead atoms. The molecule has 1 aromatic rings. The first-order valence-corrected chi connectivity index (χ1v) is 7.63. The van der Waals surface area contributed by atoms with E-state index in [1.165, 1.54) is 0 Å². The van der Waals surface area contributed by atoms with Gasteiger partial charge in [-0.05, 0) is 29.4 Å². The summed E-state index contributed by atoms with van der Waals surface area (Å²) < 4.78 is 2.48. The van der Waals surface area contributed by atoms with E-state index in [9.17, 15) is 9.90 Å². The van der Waals surface area contributed by atoms with Crippen LogP contribution in [0.1, 0.15) is 24.5 Å². The molecule has 0 amide bonds.